The van der Waals surface area contributed by atoms with Crippen LogP contribution < -0.4 is 5.73 Å². The summed E-state index contributed by atoms with van der Waals surface area (Å²) in [4.78, 5) is 11.2. The predicted molar refractivity (Wildman–Crippen MR) is 96.3 cm³/mol. The molecule has 0 bridgehead atoms. The van der Waals surface area contributed by atoms with E-state index in [0.29, 0.717) is 6.54 Å². The Morgan fingerprint density at radius 3 is 2.46 bits per heavy atom. The summed E-state index contributed by atoms with van der Waals surface area (Å²) in [6.07, 6.45) is 0.0523. The van der Waals surface area contributed by atoms with Gasteiger partial charge >= 0.3 is 5.97 Å². The minimum Gasteiger partial charge on any atom is -0.481 e. The Labute approximate surface area is 141 Å². The molecule has 1 unspecified atom stereocenters. The number of rotatable bonds is 6. The standard InChI is InChI=1S/C20H22N2O2/c1-14-20(16(12-21)11-19(23)24)17-9-5-6-10-18(17)22(14)13-15-7-3-2-4-8-15/h2-10,16H,11-13,21H2,1H3,(H,23,24). The van der Waals surface area contributed by atoms with E-state index in [9.17, 15) is 9.90 Å². The number of nitrogens with two attached hydrogens (primary N) is 1. The second kappa shape index (κ2) is 6.89. The van der Waals surface area contributed by atoms with Gasteiger partial charge in [-0.1, -0.05) is 48.5 Å². The Bertz CT molecular complexity index is 853. The molecule has 1 aromatic heterocycles. The smallest absolute Gasteiger partial charge is 0.304 e. The summed E-state index contributed by atoms with van der Waals surface area (Å²) in [5, 5.41) is 10.3. The number of aromatic nitrogens is 1. The molecule has 0 radical (unpaired) electrons. The molecule has 0 aliphatic heterocycles. The molecule has 0 aliphatic carbocycles. The van der Waals surface area contributed by atoms with Crippen LogP contribution in [0.5, 0.6) is 0 Å². The van der Waals surface area contributed by atoms with Crippen LogP contribution in [0.4, 0.5) is 0 Å². The minimum atomic E-state index is -0.815. The van der Waals surface area contributed by atoms with Crippen molar-refractivity contribution in [1.29, 1.82) is 0 Å². The maximum absolute atomic E-state index is 11.2. The molecule has 3 rings (SSSR count). The molecule has 2 aromatic carbocycles. The Morgan fingerprint density at radius 1 is 1.12 bits per heavy atom. The zero-order valence-corrected chi connectivity index (χ0v) is 13.8. The quantitative estimate of drug-likeness (QED) is 0.729. The molecule has 4 heteroatoms. The summed E-state index contributed by atoms with van der Waals surface area (Å²) >= 11 is 0. The summed E-state index contributed by atoms with van der Waals surface area (Å²) in [7, 11) is 0. The van der Waals surface area contributed by atoms with Gasteiger partial charge in [0.15, 0.2) is 0 Å². The molecule has 0 fully saturated rings. The van der Waals surface area contributed by atoms with Gasteiger partial charge in [0.2, 0.25) is 0 Å². The SMILES string of the molecule is Cc1c(C(CN)CC(=O)O)c2ccccc2n1Cc1ccccc1. The van der Waals surface area contributed by atoms with Gasteiger partial charge in [-0.25, -0.2) is 0 Å². The average molecular weight is 322 g/mol. The number of benzene rings is 2. The van der Waals surface area contributed by atoms with Gasteiger partial charge in [0.25, 0.3) is 0 Å². The van der Waals surface area contributed by atoms with E-state index < -0.39 is 5.97 Å². The largest absolute Gasteiger partial charge is 0.481 e. The molecular formula is C20H22N2O2. The highest BCUT2D eigenvalue weighted by Crippen LogP contribution is 2.33. The number of hydrogen-bond donors (Lipinski definition) is 2. The lowest BCUT2D eigenvalue weighted by molar-refractivity contribution is -0.137. The number of carbonyl (C=O) groups is 1. The number of para-hydroxylation sites is 1. The first-order valence-electron chi connectivity index (χ1n) is 8.15. The number of hydrogen-bond acceptors (Lipinski definition) is 2. The lowest BCUT2D eigenvalue weighted by Gasteiger charge is -2.14. The average Bonchev–Trinajstić information content (AvgIpc) is 2.86. The van der Waals surface area contributed by atoms with Crippen LogP contribution in [0.1, 0.15) is 29.2 Å². The third-order valence-electron chi connectivity index (χ3n) is 4.58. The highest BCUT2D eigenvalue weighted by molar-refractivity contribution is 5.87. The second-order valence-corrected chi connectivity index (χ2v) is 6.12. The first-order valence-corrected chi connectivity index (χ1v) is 8.15. The summed E-state index contributed by atoms with van der Waals surface area (Å²) < 4.78 is 2.25. The molecular weight excluding hydrogens is 300 g/mol. The highest BCUT2D eigenvalue weighted by Gasteiger charge is 2.22. The highest BCUT2D eigenvalue weighted by atomic mass is 16.4. The number of aliphatic carboxylic acids is 1. The van der Waals surface area contributed by atoms with Crippen molar-refractivity contribution in [3.05, 3.63) is 71.4 Å². The number of fused-ring (bicyclic) bond motifs is 1. The van der Waals surface area contributed by atoms with Gasteiger partial charge in [0, 0.05) is 29.1 Å². The van der Waals surface area contributed by atoms with Gasteiger partial charge in [-0.15, -0.1) is 0 Å². The van der Waals surface area contributed by atoms with Crippen molar-refractivity contribution in [3.63, 3.8) is 0 Å². The van der Waals surface area contributed by atoms with E-state index in [4.69, 9.17) is 5.73 Å². The van der Waals surface area contributed by atoms with E-state index in [-0.39, 0.29) is 12.3 Å². The van der Waals surface area contributed by atoms with Crippen molar-refractivity contribution >= 4 is 16.9 Å². The van der Waals surface area contributed by atoms with Crippen LogP contribution in [0.15, 0.2) is 54.6 Å². The zero-order chi connectivity index (χ0) is 17.1. The monoisotopic (exact) mass is 322 g/mol. The zero-order valence-electron chi connectivity index (χ0n) is 13.8. The molecule has 0 saturated heterocycles. The maximum Gasteiger partial charge on any atom is 0.304 e. The van der Waals surface area contributed by atoms with Crippen LogP contribution in [0.2, 0.25) is 0 Å². The van der Waals surface area contributed by atoms with E-state index in [0.717, 1.165) is 28.7 Å². The van der Waals surface area contributed by atoms with E-state index in [2.05, 4.69) is 35.8 Å². The van der Waals surface area contributed by atoms with Crippen LogP contribution in [0.25, 0.3) is 10.9 Å². The Hall–Kier alpha value is -2.59. The first-order chi connectivity index (χ1) is 11.6. The first kappa shape index (κ1) is 16.3. The topological polar surface area (TPSA) is 68.2 Å². The summed E-state index contributed by atoms with van der Waals surface area (Å²) in [6.45, 7) is 3.15. The molecule has 0 amide bonds. The predicted octanol–water partition coefficient (Wildman–Crippen LogP) is 3.52. The van der Waals surface area contributed by atoms with Gasteiger partial charge in [0.1, 0.15) is 0 Å². The van der Waals surface area contributed by atoms with Crippen molar-refractivity contribution < 1.29 is 9.90 Å². The fraction of sp³-hybridized carbons (Fsp3) is 0.250. The van der Waals surface area contributed by atoms with Crippen LogP contribution in [-0.4, -0.2) is 22.2 Å². The number of nitrogens with zero attached hydrogens (tertiary/aromatic N) is 1. The molecule has 0 aliphatic rings. The van der Waals surface area contributed by atoms with Crippen molar-refractivity contribution in [2.45, 2.75) is 25.8 Å². The van der Waals surface area contributed by atoms with Crippen LogP contribution in [0, 0.1) is 6.92 Å². The molecule has 24 heavy (non-hydrogen) atoms. The lowest BCUT2D eigenvalue weighted by atomic mass is 9.93. The van der Waals surface area contributed by atoms with Crippen molar-refractivity contribution in [2.24, 2.45) is 5.73 Å². The summed E-state index contributed by atoms with van der Waals surface area (Å²) in [5.41, 5.74) is 10.4. The normalized spacial score (nSPS) is 12.4. The Balaban J connectivity index is 2.13. The van der Waals surface area contributed by atoms with E-state index >= 15 is 0 Å². The van der Waals surface area contributed by atoms with Crippen molar-refractivity contribution in [2.75, 3.05) is 6.54 Å². The van der Waals surface area contributed by atoms with Gasteiger partial charge in [0.05, 0.1) is 6.42 Å². The molecule has 124 valence electrons. The summed E-state index contributed by atoms with van der Waals surface area (Å²) in [5.74, 6) is -0.992. The van der Waals surface area contributed by atoms with Gasteiger partial charge in [-0.05, 0) is 30.7 Å². The molecule has 0 spiro atoms. The lowest BCUT2D eigenvalue weighted by Crippen LogP contribution is -2.17. The van der Waals surface area contributed by atoms with Gasteiger partial charge in [-0.2, -0.15) is 0 Å². The maximum atomic E-state index is 11.2. The minimum absolute atomic E-state index is 0.0523. The Kier molecular flexibility index (Phi) is 4.67. The van der Waals surface area contributed by atoms with E-state index in [1.807, 2.05) is 30.3 Å². The summed E-state index contributed by atoms with van der Waals surface area (Å²) in [6, 6.07) is 18.4. The van der Waals surface area contributed by atoms with E-state index in [1.165, 1.54) is 5.56 Å². The van der Waals surface area contributed by atoms with Gasteiger partial charge < -0.3 is 15.4 Å². The molecule has 0 saturated carbocycles. The van der Waals surface area contributed by atoms with Crippen LogP contribution in [-0.2, 0) is 11.3 Å². The fourth-order valence-electron chi connectivity index (χ4n) is 3.46. The fourth-order valence-corrected chi connectivity index (χ4v) is 3.46. The van der Waals surface area contributed by atoms with Crippen LogP contribution in [0.3, 0.4) is 0 Å². The molecule has 3 N–H and O–H groups in total. The third-order valence-corrected chi connectivity index (χ3v) is 4.58. The second-order valence-electron chi connectivity index (χ2n) is 6.12. The van der Waals surface area contributed by atoms with Crippen molar-refractivity contribution in [3.8, 4) is 0 Å². The van der Waals surface area contributed by atoms with Gasteiger partial charge in [-0.3, -0.25) is 4.79 Å². The molecule has 4 nitrogen and oxygen atoms in total. The van der Waals surface area contributed by atoms with Crippen LogP contribution >= 0.6 is 0 Å². The third kappa shape index (κ3) is 3.05. The molecule has 3 aromatic rings. The molecule has 1 atom stereocenters. The Morgan fingerprint density at radius 2 is 1.79 bits per heavy atom. The number of carboxylic acid groups (broad SMARTS) is 1. The van der Waals surface area contributed by atoms with Crippen molar-refractivity contribution in [1.82, 2.24) is 4.57 Å². The number of carboxylic acids is 1. The molecule has 1 heterocycles. The van der Waals surface area contributed by atoms with E-state index in [1.54, 1.807) is 0 Å².